The number of pyridine rings is 1. The van der Waals surface area contributed by atoms with E-state index >= 15 is 0 Å². The van der Waals surface area contributed by atoms with E-state index < -0.39 is 0 Å². The number of anilines is 1. The van der Waals surface area contributed by atoms with Gasteiger partial charge in [-0.05, 0) is 36.4 Å². The van der Waals surface area contributed by atoms with Crippen LogP contribution in [-0.4, -0.2) is 29.2 Å². The van der Waals surface area contributed by atoms with Crippen LogP contribution in [-0.2, 0) is 0 Å². The fourth-order valence-corrected chi connectivity index (χ4v) is 1.69. The number of halogens is 1. The van der Waals surface area contributed by atoms with E-state index in [1.54, 1.807) is 42.5 Å². The van der Waals surface area contributed by atoms with Crippen molar-refractivity contribution in [2.75, 3.05) is 18.5 Å². The zero-order chi connectivity index (χ0) is 14.4. The Labute approximate surface area is 121 Å². The highest BCUT2D eigenvalue weighted by molar-refractivity contribution is 6.29. The largest absolute Gasteiger partial charge is 0.491 e. The number of carbonyl (C=O) groups is 1. The van der Waals surface area contributed by atoms with Gasteiger partial charge < -0.3 is 15.2 Å². The molecule has 2 aromatic rings. The molecule has 0 spiro atoms. The lowest BCUT2D eigenvalue weighted by molar-refractivity contribution is 0.102. The molecule has 1 heterocycles. The van der Waals surface area contributed by atoms with Crippen molar-refractivity contribution < 1.29 is 14.6 Å². The van der Waals surface area contributed by atoms with Gasteiger partial charge in [-0.2, -0.15) is 0 Å². The summed E-state index contributed by atoms with van der Waals surface area (Å²) in [6, 6.07) is 11.7. The van der Waals surface area contributed by atoms with Crippen LogP contribution in [0, 0.1) is 0 Å². The van der Waals surface area contributed by atoms with Crippen LogP contribution >= 0.6 is 11.6 Å². The van der Waals surface area contributed by atoms with E-state index in [1.807, 2.05) is 0 Å². The lowest BCUT2D eigenvalue weighted by Gasteiger charge is -2.07. The Morgan fingerprint density at radius 3 is 2.65 bits per heavy atom. The van der Waals surface area contributed by atoms with Crippen molar-refractivity contribution in [3.8, 4) is 5.75 Å². The van der Waals surface area contributed by atoms with Gasteiger partial charge in [0.2, 0.25) is 0 Å². The van der Waals surface area contributed by atoms with Crippen LogP contribution in [0.4, 0.5) is 5.69 Å². The minimum Gasteiger partial charge on any atom is -0.491 e. The van der Waals surface area contributed by atoms with Gasteiger partial charge in [0.25, 0.3) is 5.91 Å². The highest BCUT2D eigenvalue weighted by Crippen LogP contribution is 2.16. The van der Waals surface area contributed by atoms with E-state index in [1.165, 1.54) is 0 Å². The van der Waals surface area contributed by atoms with Crippen molar-refractivity contribution in [3.05, 3.63) is 53.3 Å². The molecule has 0 atom stereocenters. The molecule has 0 aliphatic heterocycles. The molecule has 0 saturated heterocycles. The summed E-state index contributed by atoms with van der Waals surface area (Å²) in [4.78, 5) is 15.9. The highest BCUT2D eigenvalue weighted by atomic mass is 35.5. The van der Waals surface area contributed by atoms with Crippen LogP contribution in [0.1, 0.15) is 10.5 Å². The van der Waals surface area contributed by atoms with Crippen molar-refractivity contribution in [2.24, 2.45) is 0 Å². The summed E-state index contributed by atoms with van der Waals surface area (Å²) in [5.41, 5.74) is 0.867. The number of rotatable bonds is 5. The van der Waals surface area contributed by atoms with E-state index in [0.717, 1.165) is 0 Å². The second-order valence-electron chi connectivity index (χ2n) is 3.90. The summed E-state index contributed by atoms with van der Waals surface area (Å²) in [6.45, 7) is 0.192. The van der Waals surface area contributed by atoms with E-state index in [9.17, 15) is 4.79 Å². The Morgan fingerprint density at radius 2 is 2.00 bits per heavy atom. The third-order valence-electron chi connectivity index (χ3n) is 2.42. The number of amides is 1. The predicted molar refractivity (Wildman–Crippen MR) is 76.2 cm³/mol. The second-order valence-corrected chi connectivity index (χ2v) is 4.28. The van der Waals surface area contributed by atoms with Crippen molar-refractivity contribution >= 4 is 23.2 Å². The Hall–Kier alpha value is -2.11. The molecule has 2 N–H and O–H groups in total. The highest BCUT2D eigenvalue weighted by Gasteiger charge is 2.08. The molecule has 0 saturated carbocycles. The Balaban J connectivity index is 2.01. The molecule has 0 bridgehead atoms. The molecule has 5 nitrogen and oxygen atoms in total. The summed E-state index contributed by atoms with van der Waals surface area (Å²) in [5, 5.41) is 11.6. The van der Waals surface area contributed by atoms with E-state index in [4.69, 9.17) is 21.4 Å². The number of hydrogen-bond donors (Lipinski definition) is 2. The molecular formula is C14H13ClN2O3. The quantitative estimate of drug-likeness (QED) is 0.830. The number of ether oxygens (including phenoxy) is 1. The number of aliphatic hydroxyl groups excluding tert-OH is 1. The van der Waals surface area contributed by atoms with Gasteiger partial charge in [-0.15, -0.1) is 0 Å². The van der Waals surface area contributed by atoms with Gasteiger partial charge in [-0.25, -0.2) is 4.98 Å². The summed E-state index contributed by atoms with van der Waals surface area (Å²) >= 11 is 5.73. The van der Waals surface area contributed by atoms with Crippen LogP contribution in [0.5, 0.6) is 5.75 Å². The van der Waals surface area contributed by atoms with Crippen LogP contribution in [0.3, 0.4) is 0 Å². The molecule has 0 radical (unpaired) electrons. The lowest BCUT2D eigenvalue weighted by atomic mass is 10.3. The van der Waals surface area contributed by atoms with Gasteiger partial charge in [0, 0.05) is 5.69 Å². The first kappa shape index (κ1) is 14.3. The molecule has 20 heavy (non-hydrogen) atoms. The minimum absolute atomic E-state index is 0.0427. The van der Waals surface area contributed by atoms with Gasteiger partial charge in [0.05, 0.1) is 6.61 Å². The summed E-state index contributed by atoms with van der Waals surface area (Å²) in [5.74, 6) is 0.287. The molecule has 6 heteroatoms. The molecule has 1 amide bonds. The zero-order valence-corrected chi connectivity index (χ0v) is 11.3. The Morgan fingerprint density at radius 1 is 1.25 bits per heavy atom. The molecular weight excluding hydrogens is 280 g/mol. The van der Waals surface area contributed by atoms with Gasteiger partial charge in [-0.3, -0.25) is 4.79 Å². The smallest absolute Gasteiger partial charge is 0.274 e. The van der Waals surface area contributed by atoms with Gasteiger partial charge in [0.1, 0.15) is 23.2 Å². The minimum atomic E-state index is -0.337. The van der Waals surface area contributed by atoms with Gasteiger partial charge in [-0.1, -0.05) is 17.7 Å². The Kier molecular flexibility index (Phi) is 4.92. The maximum atomic E-state index is 11.9. The number of aromatic nitrogens is 1. The molecule has 0 unspecified atom stereocenters. The number of nitrogens with zero attached hydrogens (tertiary/aromatic N) is 1. The molecule has 1 aromatic carbocycles. The van der Waals surface area contributed by atoms with Crippen molar-refractivity contribution in [3.63, 3.8) is 0 Å². The zero-order valence-electron chi connectivity index (χ0n) is 10.5. The fraction of sp³-hybridized carbons (Fsp3) is 0.143. The average Bonchev–Trinajstić information content (AvgIpc) is 2.46. The predicted octanol–water partition coefficient (Wildman–Crippen LogP) is 2.36. The topological polar surface area (TPSA) is 71.5 Å². The van der Waals surface area contributed by atoms with E-state index in [2.05, 4.69) is 10.3 Å². The standard InChI is InChI=1S/C14H13ClN2O3/c15-13-3-1-2-12(17-13)14(19)16-10-4-6-11(7-5-10)20-9-8-18/h1-7,18H,8-9H2,(H,16,19). The summed E-state index contributed by atoms with van der Waals surface area (Å²) in [6.07, 6.45) is 0. The maximum absolute atomic E-state index is 11.9. The van der Waals surface area contributed by atoms with E-state index in [0.29, 0.717) is 11.4 Å². The number of carbonyl (C=O) groups excluding carboxylic acids is 1. The molecule has 0 aliphatic carbocycles. The first-order chi connectivity index (χ1) is 9.69. The monoisotopic (exact) mass is 292 g/mol. The number of aliphatic hydroxyl groups is 1. The summed E-state index contributed by atoms with van der Waals surface area (Å²) in [7, 11) is 0. The molecule has 104 valence electrons. The lowest BCUT2D eigenvalue weighted by Crippen LogP contribution is -2.13. The second kappa shape index (κ2) is 6.88. The van der Waals surface area contributed by atoms with Gasteiger partial charge in [0.15, 0.2) is 0 Å². The number of hydrogen-bond acceptors (Lipinski definition) is 4. The van der Waals surface area contributed by atoms with Crippen LogP contribution in [0.2, 0.25) is 5.15 Å². The first-order valence-electron chi connectivity index (χ1n) is 5.96. The van der Waals surface area contributed by atoms with Crippen LogP contribution in [0.15, 0.2) is 42.5 Å². The van der Waals surface area contributed by atoms with E-state index in [-0.39, 0.29) is 30.0 Å². The third-order valence-corrected chi connectivity index (χ3v) is 2.63. The first-order valence-corrected chi connectivity index (χ1v) is 6.34. The van der Waals surface area contributed by atoms with Crippen LogP contribution in [0.25, 0.3) is 0 Å². The maximum Gasteiger partial charge on any atom is 0.274 e. The molecule has 2 rings (SSSR count). The normalized spacial score (nSPS) is 10.1. The third kappa shape index (κ3) is 3.94. The SMILES string of the molecule is O=C(Nc1ccc(OCCO)cc1)c1cccc(Cl)n1. The average molecular weight is 293 g/mol. The fourth-order valence-electron chi connectivity index (χ4n) is 1.53. The van der Waals surface area contributed by atoms with Crippen molar-refractivity contribution in [1.82, 2.24) is 4.98 Å². The number of benzene rings is 1. The van der Waals surface area contributed by atoms with Gasteiger partial charge >= 0.3 is 0 Å². The summed E-state index contributed by atoms with van der Waals surface area (Å²) < 4.78 is 5.22. The molecule has 0 fully saturated rings. The number of nitrogens with one attached hydrogen (secondary N) is 1. The van der Waals surface area contributed by atoms with Crippen molar-refractivity contribution in [1.29, 1.82) is 0 Å². The van der Waals surface area contributed by atoms with Crippen molar-refractivity contribution in [2.45, 2.75) is 0 Å². The Bertz CT molecular complexity index is 587. The molecule has 1 aromatic heterocycles. The molecule has 0 aliphatic rings. The van der Waals surface area contributed by atoms with Crippen LogP contribution < -0.4 is 10.1 Å².